The predicted octanol–water partition coefficient (Wildman–Crippen LogP) is 2.83. The molecule has 2 amide bonds. The molecule has 1 aromatic rings. The average molecular weight is 397 g/mol. The molecule has 27 heavy (non-hydrogen) atoms. The minimum Gasteiger partial charge on any atom is -0.451 e. The topological polar surface area (TPSA) is 84.9 Å². The number of aryl methyl sites for hydroxylation is 1. The standard InChI is InChI=1S/C19H28N2O5S/c1-11-7-14(20-18(24)19(4,5)6)27-16(11)17(23)25-10-15(22)21-8-12(2)26-13(3)9-21/h7,12-13H,8-10H2,1-6H3,(H,20,24)/t12-,13+. The van der Waals surface area contributed by atoms with E-state index in [-0.39, 0.29) is 30.6 Å². The van der Waals surface area contributed by atoms with E-state index in [4.69, 9.17) is 9.47 Å². The van der Waals surface area contributed by atoms with Gasteiger partial charge in [0.1, 0.15) is 4.88 Å². The number of ether oxygens (including phenoxy) is 2. The molecular formula is C19H28N2O5S. The molecular weight excluding hydrogens is 368 g/mol. The van der Waals surface area contributed by atoms with E-state index in [0.717, 1.165) is 11.3 Å². The molecule has 1 aliphatic heterocycles. The van der Waals surface area contributed by atoms with E-state index in [1.807, 2.05) is 34.6 Å². The van der Waals surface area contributed by atoms with Gasteiger partial charge in [0, 0.05) is 18.5 Å². The molecule has 1 aromatic heterocycles. The summed E-state index contributed by atoms with van der Waals surface area (Å²) in [6.07, 6.45) is -0.0798. The Bertz CT molecular complexity index is 712. The Balaban J connectivity index is 1.94. The van der Waals surface area contributed by atoms with Crippen molar-refractivity contribution in [2.45, 2.75) is 53.8 Å². The van der Waals surface area contributed by atoms with E-state index < -0.39 is 11.4 Å². The summed E-state index contributed by atoms with van der Waals surface area (Å²) in [5.41, 5.74) is 0.174. The van der Waals surface area contributed by atoms with E-state index >= 15 is 0 Å². The molecule has 150 valence electrons. The zero-order valence-corrected chi connectivity index (χ0v) is 17.6. The van der Waals surface area contributed by atoms with Crippen LogP contribution in [0.3, 0.4) is 0 Å². The third-order valence-electron chi connectivity index (χ3n) is 4.12. The molecule has 1 fully saturated rings. The monoisotopic (exact) mass is 396 g/mol. The second-order valence-corrected chi connectivity index (χ2v) is 9.01. The molecule has 7 nitrogen and oxygen atoms in total. The van der Waals surface area contributed by atoms with Gasteiger partial charge in [-0.2, -0.15) is 0 Å². The number of amides is 2. The van der Waals surface area contributed by atoms with Crippen molar-refractivity contribution in [3.63, 3.8) is 0 Å². The molecule has 1 saturated heterocycles. The number of thiophene rings is 1. The number of nitrogens with one attached hydrogen (secondary N) is 1. The Morgan fingerprint density at radius 2 is 1.85 bits per heavy atom. The van der Waals surface area contributed by atoms with Crippen LogP contribution in [0.1, 0.15) is 49.9 Å². The Morgan fingerprint density at radius 1 is 1.26 bits per heavy atom. The van der Waals surface area contributed by atoms with Gasteiger partial charge in [0.05, 0.1) is 17.2 Å². The lowest BCUT2D eigenvalue weighted by molar-refractivity contribution is -0.146. The normalized spacial score (nSPS) is 20.3. The van der Waals surface area contributed by atoms with Gasteiger partial charge >= 0.3 is 5.97 Å². The van der Waals surface area contributed by atoms with Crippen LogP contribution < -0.4 is 5.32 Å². The molecule has 0 radical (unpaired) electrons. The van der Waals surface area contributed by atoms with Crippen molar-refractivity contribution in [2.24, 2.45) is 5.41 Å². The molecule has 2 atom stereocenters. The zero-order chi connectivity index (χ0) is 20.4. The first-order chi connectivity index (χ1) is 12.5. The minimum absolute atomic E-state index is 0.0399. The van der Waals surface area contributed by atoms with Gasteiger partial charge in [0.15, 0.2) is 6.61 Å². The number of carbonyl (C=O) groups is 3. The second kappa shape index (κ2) is 8.39. The molecule has 1 N–H and O–H groups in total. The number of hydrogen-bond donors (Lipinski definition) is 1. The van der Waals surface area contributed by atoms with Crippen molar-refractivity contribution in [1.29, 1.82) is 0 Å². The van der Waals surface area contributed by atoms with Crippen molar-refractivity contribution in [1.82, 2.24) is 4.90 Å². The van der Waals surface area contributed by atoms with Crippen molar-refractivity contribution < 1.29 is 23.9 Å². The highest BCUT2D eigenvalue weighted by Gasteiger charge is 2.27. The summed E-state index contributed by atoms with van der Waals surface area (Å²) in [7, 11) is 0. The molecule has 0 aliphatic carbocycles. The highest BCUT2D eigenvalue weighted by molar-refractivity contribution is 7.18. The Kier molecular flexibility index (Phi) is 6.64. The second-order valence-electron chi connectivity index (χ2n) is 7.96. The first kappa shape index (κ1) is 21.4. The third-order valence-corrected chi connectivity index (χ3v) is 5.25. The van der Waals surface area contributed by atoms with E-state index in [1.54, 1.807) is 17.9 Å². The molecule has 0 bridgehead atoms. The molecule has 2 heterocycles. The van der Waals surface area contributed by atoms with Gasteiger partial charge in [-0.05, 0) is 32.4 Å². The van der Waals surface area contributed by atoms with Crippen LogP contribution in [0.5, 0.6) is 0 Å². The van der Waals surface area contributed by atoms with Gasteiger partial charge in [-0.25, -0.2) is 4.79 Å². The summed E-state index contributed by atoms with van der Waals surface area (Å²) < 4.78 is 10.8. The highest BCUT2D eigenvalue weighted by atomic mass is 32.1. The fourth-order valence-electron chi connectivity index (χ4n) is 2.71. The van der Waals surface area contributed by atoms with Crippen LogP contribution in [0, 0.1) is 12.3 Å². The van der Waals surface area contributed by atoms with Gasteiger partial charge in [-0.15, -0.1) is 11.3 Å². The number of hydrogen-bond acceptors (Lipinski definition) is 6. The number of morpholine rings is 1. The van der Waals surface area contributed by atoms with Gasteiger partial charge < -0.3 is 19.7 Å². The molecule has 1 aliphatic rings. The molecule has 8 heteroatoms. The Hall–Kier alpha value is -1.93. The van der Waals surface area contributed by atoms with Crippen molar-refractivity contribution in [3.05, 3.63) is 16.5 Å². The van der Waals surface area contributed by atoms with E-state index in [9.17, 15) is 14.4 Å². The van der Waals surface area contributed by atoms with Crippen LogP contribution in [0.15, 0.2) is 6.07 Å². The van der Waals surface area contributed by atoms with Crippen LogP contribution >= 0.6 is 11.3 Å². The van der Waals surface area contributed by atoms with Gasteiger partial charge in [-0.3, -0.25) is 9.59 Å². The maximum absolute atomic E-state index is 12.4. The minimum atomic E-state index is -0.559. The number of esters is 1. The number of anilines is 1. The summed E-state index contributed by atoms with van der Waals surface area (Å²) in [6.45, 7) is 11.7. The van der Waals surface area contributed by atoms with Crippen LogP contribution in [0.25, 0.3) is 0 Å². The first-order valence-electron chi connectivity index (χ1n) is 8.99. The zero-order valence-electron chi connectivity index (χ0n) is 16.8. The van der Waals surface area contributed by atoms with Crippen LogP contribution in [-0.2, 0) is 19.1 Å². The summed E-state index contributed by atoms with van der Waals surface area (Å²) >= 11 is 1.15. The lowest BCUT2D eigenvalue weighted by Crippen LogP contribution is -2.49. The molecule has 0 unspecified atom stereocenters. The third kappa shape index (κ3) is 5.77. The summed E-state index contributed by atoms with van der Waals surface area (Å²) in [5.74, 6) is -0.924. The summed E-state index contributed by atoms with van der Waals surface area (Å²) in [6, 6.07) is 1.73. The Morgan fingerprint density at radius 3 is 2.41 bits per heavy atom. The fourth-order valence-corrected chi connectivity index (χ4v) is 3.67. The van der Waals surface area contributed by atoms with E-state index in [2.05, 4.69) is 5.32 Å². The van der Waals surface area contributed by atoms with Gasteiger partial charge in [-0.1, -0.05) is 20.8 Å². The highest BCUT2D eigenvalue weighted by Crippen LogP contribution is 2.29. The predicted molar refractivity (Wildman–Crippen MR) is 104 cm³/mol. The van der Waals surface area contributed by atoms with Crippen LogP contribution in [-0.4, -0.2) is 54.6 Å². The quantitative estimate of drug-likeness (QED) is 0.791. The largest absolute Gasteiger partial charge is 0.451 e. The van der Waals surface area contributed by atoms with Crippen LogP contribution in [0.2, 0.25) is 0 Å². The first-order valence-corrected chi connectivity index (χ1v) is 9.81. The molecule has 0 saturated carbocycles. The average Bonchev–Trinajstić information content (AvgIpc) is 2.91. The smallest absolute Gasteiger partial charge is 0.349 e. The lowest BCUT2D eigenvalue weighted by Gasteiger charge is -2.35. The summed E-state index contributed by atoms with van der Waals surface area (Å²) in [5, 5.41) is 3.39. The van der Waals surface area contributed by atoms with E-state index in [1.165, 1.54) is 0 Å². The van der Waals surface area contributed by atoms with Crippen molar-refractivity contribution >= 4 is 34.1 Å². The van der Waals surface area contributed by atoms with Crippen LogP contribution in [0.4, 0.5) is 5.00 Å². The number of rotatable bonds is 4. The lowest BCUT2D eigenvalue weighted by atomic mass is 9.96. The fraction of sp³-hybridized carbons (Fsp3) is 0.632. The number of carbonyl (C=O) groups excluding carboxylic acids is 3. The molecule has 0 aromatic carbocycles. The van der Waals surface area contributed by atoms with Crippen molar-refractivity contribution in [3.8, 4) is 0 Å². The van der Waals surface area contributed by atoms with Gasteiger partial charge in [0.2, 0.25) is 5.91 Å². The molecule has 2 rings (SSSR count). The van der Waals surface area contributed by atoms with E-state index in [0.29, 0.717) is 28.5 Å². The van der Waals surface area contributed by atoms with Gasteiger partial charge in [0.25, 0.3) is 5.91 Å². The Labute approximate surface area is 164 Å². The molecule has 0 spiro atoms. The maximum atomic E-state index is 12.4. The SMILES string of the molecule is Cc1cc(NC(=O)C(C)(C)C)sc1C(=O)OCC(=O)N1C[C@@H](C)O[C@@H](C)C1. The summed E-state index contributed by atoms with van der Waals surface area (Å²) in [4.78, 5) is 38.8. The van der Waals surface area contributed by atoms with Crippen molar-refractivity contribution in [2.75, 3.05) is 25.0 Å². The number of nitrogens with zero attached hydrogens (tertiary/aromatic N) is 1. The maximum Gasteiger partial charge on any atom is 0.349 e.